The molecule has 0 fully saturated rings. The summed E-state index contributed by atoms with van der Waals surface area (Å²) in [6.07, 6.45) is 0.644. The molecule has 3 aromatic rings. The van der Waals surface area contributed by atoms with Crippen molar-refractivity contribution in [3.8, 4) is 0 Å². The van der Waals surface area contributed by atoms with E-state index in [1.807, 2.05) is 29.3 Å². The van der Waals surface area contributed by atoms with E-state index in [0.29, 0.717) is 4.99 Å². The fraction of sp³-hybridized carbons (Fsp3) is 0.381. The van der Waals surface area contributed by atoms with Crippen molar-refractivity contribution in [2.24, 2.45) is 0 Å². The Bertz CT molecular complexity index is 879. The highest BCUT2D eigenvalue weighted by molar-refractivity contribution is 7.80. The van der Waals surface area contributed by atoms with E-state index in [9.17, 15) is 0 Å². The van der Waals surface area contributed by atoms with Crippen LogP contribution in [0.1, 0.15) is 53.9 Å². The van der Waals surface area contributed by atoms with E-state index in [-0.39, 0.29) is 12.2 Å². The average Bonchev–Trinajstić information content (AvgIpc) is 3.14. The van der Waals surface area contributed by atoms with Crippen LogP contribution in [0.25, 0.3) is 0 Å². The molecule has 142 valence electrons. The molecule has 5 nitrogen and oxygen atoms in total. The molecular weight excluding hydrogens is 354 g/mol. The van der Waals surface area contributed by atoms with Crippen molar-refractivity contribution in [3.63, 3.8) is 0 Å². The third-order valence-corrected chi connectivity index (χ3v) is 5.04. The summed E-state index contributed by atoms with van der Waals surface area (Å²) in [4.78, 5) is 0.711. The summed E-state index contributed by atoms with van der Waals surface area (Å²) >= 11 is 5.89. The standard InChI is InChI=1S/C21H27N5S/c1-6-19(18-10-8-7-9-11-18)22-20(27)21(25-16(4)12-14(2)23-25)26-17(5)13-15(3)24-26/h7-13,19,21H,6H2,1-5H3,(H,22,27)/t19-/m0/s1. The first-order valence-corrected chi connectivity index (χ1v) is 9.72. The van der Waals surface area contributed by atoms with E-state index in [0.717, 1.165) is 29.2 Å². The molecule has 0 radical (unpaired) electrons. The molecule has 6 heteroatoms. The molecule has 3 rings (SSSR count). The normalized spacial score (nSPS) is 12.4. The highest BCUT2D eigenvalue weighted by Gasteiger charge is 2.26. The van der Waals surface area contributed by atoms with Crippen molar-refractivity contribution in [2.45, 2.75) is 53.2 Å². The topological polar surface area (TPSA) is 47.7 Å². The van der Waals surface area contributed by atoms with E-state index in [4.69, 9.17) is 22.4 Å². The first-order chi connectivity index (χ1) is 12.9. The lowest BCUT2D eigenvalue weighted by molar-refractivity contribution is 0.426. The van der Waals surface area contributed by atoms with Crippen molar-refractivity contribution in [1.29, 1.82) is 0 Å². The lowest BCUT2D eigenvalue weighted by Gasteiger charge is -2.27. The third kappa shape index (κ3) is 4.11. The van der Waals surface area contributed by atoms with Crippen molar-refractivity contribution >= 4 is 17.2 Å². The molecule has 0 unspecified atom stereocenters. The zero-order valence-corrected chi connectivity index (χ0v) is 17.4. The van der Waals surface area contributed by atoms with Crippen LogP contribution in [0, 0.1) is 27.7 Å². The van der Waals surface area contributed by atoms with Crippen molar-refractivity contribution in [1.82, 2.24) is 24.9 Å². The molecule has 0 aliphatic heterocycles. The SMILES string of the molecule is CC[C@H](NC(=S)C(n1nc(C)cc1C)n1nc(C)cc1C)c1ccccc1. The lowest BCUT2D eigenvalue weighted by atomic mass is 10.0. The molecule has 0 amide bonds. The van der Waals surface area contributed by atoms with Gasteiger partial charge < -0.3 is 5.32 Å². The second-order valence-corrected chi connectivity index (χ2v) is 7.44. The molecule has 2 heterocycles. The maximum absolute atomic E-state index is 5.89. The van der Waals surface area contributed by atoms with Crippen LogP contribution in [-0.4, -0.2) is 24.5 Å². The zero-order valence-electron chi connectivity index (χ0n) is 16.6. The number of nitrogens with zero attached hydrogens (tertiary/aromatic N) is 4. The Labute approximate surface area is 166 Å². The summed E-state index contributed by atoms with van der Waals surface area (Å²) in [5.41, 5.74) is 5.28. The van der Waals surface area contributed by atoms with Crippen LogP contribution in [0.3, 0.4) is 0 Å². The van der Waals surface area contributed by atoms with Crippen molar-refractivity contribution in [2.75, 3.05) is 0 Å². The predicted octanol–water partition coefficient (Wildman–Crippen LogP) is 4.43. The lowest BCUT2D eigenvalue weighted by Crippen LogP contribution is -2.39. The van der Waals surface area contributed by atoms with Gasteiger partial charge in [-0.05, 0) is 51.8 Å². The molecule has 0 aliphatic rings. The molecule has 1 aromatic carbocycles. The fourth-order valence-electron chi connectivity index (χ4n) is 3.47. The number of aromatic nitrogens is 4. The van der Waals surface area contributed by atoms with Crippen molar-refractivity contribution in [3.05, 3.63) is 70.8 Å². The first kappa shape index (κ1) is 19.3. The number of hydrogen-bond donors (Lipinski definition) is 1. The maximum atomic E-state index is 5.89. The van der Waals surface area contributed by atoms with Gasteiger partial charge in [-0.3, -0.25) is 0 Å². The van der Waals surface area contributed by atoms with Crippen LogP contribution in [0.15, 0.2) is 42.5 Å². The highest BCUT2D eigenvalue weighted by atomic mass is 32.1. The summed E-state index contributed by atoms with van der Waals surface area (Å²) in [6.45, 7) is 10.3. The van der Waals surface area contributed by atoms with E-state index < -0.39 is 0 Å². The highest BCUT2D eigenvalue weighted by Crippen LogP contribution is 2.22. The van der Waals surface area contributed by atoms with Gasteiger partial charge in [0.25, 0.3) is 0 Å². The molecule has 0 bridgehead atoms. The Morgan fingerprint density at radius 1 is 0.963 bits per heavy atom. The minimum atomic E-state index is -0.292. The van der Waals surface area contributed by atoms with Gasteiger partial charge in [-0.1, -0.05) is 49.5 Å². The maximum Gasteiger partial charge on any atom is 0.193 e. The van der Waals surface area contributed by atoms with Crippen LogP contribution < -0.4 is 5.32 Å². The third-order valence-electron chi connectivity index (χ3n) is 4.71. The number of thiocarbonyl (C=S) groups is 1. The van der Waals surface area contributed by atoms with Crippen LogP contribution in [-0.2, 0) is 0 Å². The minimum absolute atomic E-state index is 0.148. The van der Waals surface area contributed by atoms with Gasteiger partial charge in [-0.25, -0.2) is 9.36 Å². The van der Waals surface area contributed by atoms with Crippen LogP contribution >= 0.6 is 12.2 Å². The number of rotatable bonds is 6. The number of aryl methyl sites for hydroxylation is 4. The summed E-state index contributed by atoms with van der Waals surface area (Å²) in [7, 11) is 0. The van der Waals surface area contributed by atoms with E-state index >= 15 is 0 Å². The van der Waals surface area contributed by atoms with Gasteiger partial charge in [-0.2, -0.15) is 10.2 Å². The summed E-state index contributed by atoms with van der Waals surface area (Å²) in [5.74, 6) is 0. The molecule has 0 spiro atoms. The Balaban J connectivity index is 1.98. The van der Waals surface area contributed by atoms with Crippen LogP contribution in [0.4, 0.5) is 0 Å². The first-order valence-electron chi connectivity index (χ1n) is 9.31. The number of nitrogens with one attached hydrogen (secondary N) is 1. The predicted molar refractivity (Wildman–Crippen MR) is 113 cm³/mol. The monoisotopic (exact) mass is 381 g/mol. The van der Waals surface area contributed by atoms with E-state index in [2.05, 4.69) is 62.5 Å². The second-order valence-electron chi connectivity index (χ2n) is 7.00. The van der Waals surface area contributed by atoms with Gasteiger partial charge in [0.2, 0.25) is 0 Å². The Kier molecular flexibility index (Phi) is 5.75. The molecule has 0 saturated carbocycles. The Morgan fingerprint density at radius 2 is 1.48 bits per heavy atom. The zero-order chi connectivity index (χ0) is 19.6. The molecule has 0 aliphatic carbocycles. The van der Waals surface area contributed by atoms with E-state index in [1.54, 1.807) is 0 Å². The minimum Gasteiger partial charge on any atom is -0.369 e. The van der Waals surface area contributed by atoms with Gasteiger partial charge >= 0.3 is 0 Å². The second kappa shape index (κ2) is 8.05. The van der Waals surface area contributed by atoms with E-state index in [1.165, 1.54) is 5.56 Å². The molecule has 27 heavy (non-hydrogen) atoms. The average molecular weight is 382 g/mol. The summed E-state index contributed by atoms with van der Waals surface area (Å²) < 4.78 is 3.92. The van der Waals surface area contributed by atoms with Gasteiger partial charge in [0.05, 0.1) is 17.4 Å². The molecular formula is C21H27N5S. The number of benzene rings is 1. The smallest absolute Gasteiger partial charge is 0.193 e. The van der Waals surface area contributed by atoms with Crippen molar-refractivity contribution < 1.29 is 0 Å². The fourth-order valence-corrected chi connectivity index (χ4v) is 3.81. The molecule has 1 N–H and O–H groups in total. The number of hydrogen-bond acceptors (Lipinski definition) is 3. The Hall–Kier alpha value is -2.47. The quantitative estimate of drug-likeness (QED) is 0.642. The van der Waals surface area contributed by atoms with Gasteiger partial charge in [0.15, 0.2) is 6.17 Å². The largest absolute Gasteiger partial charge is 0.369 e. The van der Waals surface area contributed by atoms with Crippen LogP contribution in [0.2, 0.25) is 0 Å². The molecule has 0 saturated heterocycles. The van der Waals surface area contributed by atoms with Crippen LogP contribution in [0.5, 0.6) is 0 Å². The van der Waals surface area contributed by atoms with Gasteiger partial charge in [0.1, 0.15) is 4.99 Å². The Morgan fingerprint density at radius 3 is 1.89 bits per heavy atom. The summed E-state index contributed by atoms with van der Waals surface area (Å²) in [5, 5.41) is 12.9. The molecule has 1 atom stereocenters. The molecule has 2 aromatic heterocycles. The van der Waals surface area contributed by atoms with Gasteiger partial charge in [0, 0.05) is 11.4 Å². The summed E-state index contributed by atoms with van der Waals surface area (Å²) in [6, 6.07) is 14.7. The van der Waals surface area contributed by atoms with Gasteiger partial charge in [-0.15, -0.1) is 0 Å².